The third kappa shape index (κ3) is 11.7. The number of rotatable bonds is 22. The molecule has 0 spiro atoms. The Labute approximate surface area is 234 Å². The van der Waals surface area contributed by atoms with E-state index in [-0.39, 0.29) is 32.1 Å². The highest BCUT2D eigenvalue weighted by Gasteiger charge is 2.49. The molecular formula is C18H32B10N4O6. The average molecular weight is 509 g/mol. The quantitative estimate of drug-likeness (QED) is 0.0743. The van der Waals surface area contributed by atoms with Crippen molar-refractivity contribution >= 4 is 76.8 Å². The largest absolute Gasteiger partial charge is 0.434 e. The molecule has 1 aromatic heterocycles. The molecule has 2 heterocycles. The van der Waals surface area contributed by atoms with Gasteiger partial charge in [-0.05, 0) is 17.9 Å². The highest BCUT2D eigenvalue weighted by Crippen LogP contribution is 2.43. The summed E-state index contributed by atoms with van der Waals surface area (Å²) in [4.78, 5) is 16.4. The highest BCUT2D eigenvalue weighted by atomic mass is 16.6. The number of nitro groups is 1. The van der Waals surface area contributed by atoms with E-state index in [0.29, 0.717) is 45.3 Å². The molecular weight excluding hydrogens is 476 g/mol. The fourth-order valence-corrected chi connectivity index (χ4v) is 4.97. The first-order valence-electron chi connectivity index (χ1n) is 13.3. The number of aliphatic hydroxyl groups is 2. The first kappa shape index (κ1) is 33.3. The molecule has 0 aromatic carbocycles. The Morgan fingerprint density at radius 2 is 1.87 bits per heavy atom. The van der Waals surface area contributed by atoms with E-state index in [1.807, 2.05) is 0 Å². The van der Waals surface area contributed by atoms with Gasteiger partial charge in [0, 0.05) is 77.3 Å². The summed E-state index contributed by atoms with van der Waals surface area (Å²) in [6, 6.07) is 0. The number of hydrogen-bond donors (Lipinski definition) is 2. The van der Waals surface area contributed by atoms with Gasteiger partial charge >= 0.3 is 5.95 Å². The molecule has 1 aromatic rings. The van der Waals surface area contributed by atoms with Crippen LogP contribution in [0.25, 0.3) is 0 Å². The molecule has 190 valence electrons. The normalized spacial score (nSPS) is 15.4. The Hall–Kier alpha value is -0.941. The van der Waals surface area contributed by atoms with Crippen LogP contribution in [0.5, 0.6) is 0 Å². The highest BCUT2D eigenvalue weighted by molar-refractivity contribution is 8.01. The molecule has 0 aliphatic carbocycles. The maximum absolute atomic E-state index is 11.1. The van der Waals surface area contributed by atoms with Crippen molar-refractivity contribution in [2.45, 2.75) is 44.0 Å². The van der Waals surface area contributed by atoms with Crippen molar-refractivity contribution in [1.29, 1.82) is 0 Å². The van der Waals surface area contributed by atoms with Crippen molar-refractivity contribution in [3.8, 4) is 0 Å². The molecule has 1 fully saturated rings. The van der Waals surface area contributed by atoms with Crippen molar-refractivity contribution in [3.63, 3.8) is 0 Å². The van der Waals surface area contributed by atoms with Crippen molar-refractivity contribution in [1.82, 2.24) is 14.5 Å². The molecule has 2 atom stereocenters. The van der Waals surface area contributed by atoms with Gasteiger partial charge in [0.25, 0.3) is 0 Å². The van der Waals surface area contributed by atoms with Gasteiger partial charge in [0.2, 0.25) is 0 Å². The summed E-state index contributed by atoms with van der Waals surface area (Å²) in [7, 11) is 29.6. The van der Waals surface area contributed by atoms with Gasteiger partial charge in [-0.2, -0.15) is 0 Å². The Morgan fingerprint density at radius 3 is 2.50 bits per heavy atom. The van der Waals surface area contributed by atoms with Crippen LogP contribution in [0.1, 0.15) is 19.3 Å². The zero-order chi connectivity index (χ0) is 28.1. The Balaban J connectivity index is 1.80. The fourth-order valence-electron chi connectivity index (χ4n) is 4.97. The van der Waals surface area contributed by atoms with E-state index in [1.165, 1.54) is 17.0 Å². The van der Waals surface area contributed by atoms with Crippen LogP contribution in [0.15, 0.2) is 12.4 Å². The van der Waals surface area contributed by atoms with Crippen LogP contribution in [0.2, 0.25) is 12.1 Å². The first-order chi connectivity index (χ1) is 18.1. The summed E-state index contributed by atoms with van der Waals surface area (Å²) in [5.74, 6) is 0.189. The Bertz CT molecular complexity index is 815. The molecule has 2 N–H and O–H groups in total. The van der Waals surface area contributed by atoms with Gasteiger partial charge in [-0.1, -0.05) is 30.0 Å². The third-order valence-corrected chi connectivity index (χ3v) is 7.00. The van der Waals surface area contributed by atoms with E-state index in [4.69, 9.17) is 53.3 Å². The molecule has 10 nitrogen and oxygen atoms in total. The molecule has 10 radical (unpaired) electrons. The third-order valence-electron chi connectivity index (χ3n) is 7.00. The summed E-state index contributed by atoms with van der Waals surface area (Å²) in [6.45, 7) is 3.52. The van der Waals surface area contributed by atoms with Crippen LogP contribution in [-0.4, -0.2) is 159 Å². The number of aromatic nitrogens is 2. The smallest absolute Gasteiger partial charge is 0.394 e. The van der Waals surface area contributed by atoms with Crippen LogP contribution in [0.4, 0.5) is 5.95 Å². The lowest BCUT2D eigenvalue weighted by molar-refractivity contribution is -0.397. The molecule has 2 unspecified atom stereocenters. The second kappa shape index (κ2) is 17.7. The van der Waals surface area contributed by atoms with Crippen molar-refractivity contribution in [3.05, 3.63) is 22.5 Å². The van der Waals surface area contributed by atoms with Crippen LogP contribution in [-0.2, 0) is 16.0 Å². The summed E-state index contributed by atoms with van der Waals surface area (Å²) in [6.07, 6.45) is 4.13. The van der Waals surface area contributed by atoms with E-state index >= 15 is 0 Å². The molecule has 0 saturated carbocycles. The minimum Gasteiger partial charge on any atom is -0.394 e. The number of hydrogen-bond acceptors (Lipinski definition) is 8. The van der Waals surface area contributed by atoms with Gasteiger partial charge < -0.3 is 29.8 Å². The predicted molar refractivity (Wildman–Crippen MR) is 160 cm³/mol. The molecule has 20 heteroatoms. The van der Waals surface area contributed by atoms with Crippen LogP contribution >= 0.6 is 0 Å². The van der Waals surface area contributed by atoms with Gasteiger partial charge in [-0.25, -0.2) is 4.57 Å². The topological polar surface area (TPSA) is 123 Å². The Morgan fingerprint density at radius 1 is 1.16 bits per heavy atom. The van der Waals surface area contributed by atoms with Crippen molar-refractivity contribution < 1.29 is 24.6 Å². The summed E-state index contributed by atoms with van der Waals surface area (Å²) in [5, 5.41) is 30.5. The lowest BCUT2D eigenvalue weighted by Crippen LogP contribution is -2.63. The van der Waals surface area contributed by atoms with Gasteiger partial charge in [0.15, 0.2) is 0 Å². The molecule has 0 amide bonds. The monoisotopic (exact) mass is 510 g/mol. The maximum Gasteiger partial charge on any atom is 0.434 e. The van der Waals surface area contributed by atoms with E-state index in [2.05, 4.69) is 9.88 Å². The van der Waals surface area contributed by atoms with E-state index in [0.717, 1.165) is 32.1 Å². The number of aliphatic hydroxyl groups excluding tert-OH is 2. The van der Waals surface area contributed by atoms with E-state index < -0.39 is 30.2 Å². The lowest BCUT2D eigenvalue weighted by atomic mass is 8.57. The number of nitrogens with zero attached hydrogens (tertiary/aromatic N) is 4. The SMILES string of the molecule is [B]B([B])B([B])B(B([B])[B])B1CC1CCCCN(CCOCCOCCO)CC(O)Cn1ccnc1[N+](=O)[O-]. The minimum absolute atomic E-state index is 0.0324. The zero-order valence-corrected chi connectivity index (χ0v) is 22.1. The number of unbranched alkanes of at least 4 members (excludes halogenated alkanes) is 1. The maximum atomic E-state index is 11.1. The van der Waals surface area contributed by atoms with Crippen LogP contribution < -0.4 is 0 Å². The van der Waals surface area contributed by atoms with E-state index in [9.17, 15) is 15.2 Å². The summed E-state index contributed by atoms with van der Waals surface area (Å²) < 4.78 is 12.1. The average Bonchev–Trinajstić information content (AvgIpc) is 3.44. The van der Waals surface area contributed by atoms with Crippen LogP contribution in [0.3, 0.4) is 0 Å². The minimum atomic E-state index is -0.822. The standard InChI is InChI=1S/C18H32B10N4O6/c19-25(20)27(23)28(26(21)22)24-13-16(24)3-1-2-5-30(7-9-37-11-12-38-10-8-33)14-17(34)15-31-6-4-29-18(31)32(35)36/h4,6,16-17,33-34H,1-3,5,7-15H2. The molecule has 0 bridgehead atoms. The predicted octanol–water partition coefficient (Wildman–Crippen LogP) is -2.85. The first-order valence-corrected chi connectivity index (χ1v) is 13.3. The number of ether oxygens (including phenoxy) is 2. The molecule has 1 saturated heterocycles. The fraction of sp³-hybridized carbons (Fsp3) is 0.833. The van der Waals surface area contributed by atoms with Gasteiger partial charge in [-0.3, -0.25) is 4.90 Å². The lowest BCUT2D eigenvalue weighted by Gasteiger charge is -2.26. The van der Waals surface area contributed by atoms with Gasteiger partial charge in [0.1, 0.15) is 12.4 Å². The van der Waals surface area contributed by atoms with Gasteiger partial charge in [-0.15, -0.1) is 0 Å². The second-order valence-electron chi connectivity index (χ2n) is 10.0. The van der Waals surface area contributed by atoms with Crippen LogP contribution in [0, 0.1) is 10.1 Å². The van der Waals surface area contributed by atoms with Gasteiger partial charge in [0.05, 0.1) is 52.3 Å². The van der Waals surface area contributed by atoms with E-state index in [1.54, 1.807) is 0 Å². The Kier molecular flexibility index (Phi) is 15.5. The molecule has 2 rings (SSSR count). The second-order valence-corrected chi connectivity index (χ2v) is 10.0. The molecule has 38 heavy (non-hydrogen) atoms. The van der Waals surface area contributed by atoms with Crippen molar-refractivity contribution in [2.24, 2.45) is 0 Å². The van der Waals surface area contributed by atoms with Crippen molar-refractivity contribution in [2.75, 3.05) is 52.7 Å². The number of imidazole rings is 1. The molecule has 1 aliphatic rings. The summed E-state index contributed by atoms with van der Waals surface area (Å²) in [5.41, 5.74) is 0. The molecule has 1 aliphatic heterocycles. The summed E-state index contributed by atoms with van der Waals surface area (Å²) >= 11 is 0. The zero-order valence-electron chi connectivity index (χ0n) is 22.1.